The number of carbonyl (C=O) groups excluding carboxylic acids is 1. The molecule has 0 aromatic heterocycles. The predicted octanol–water partition coefficient (Wildman–Crippen LogP) is 1.64. The van der Waals surface area contributed by atoms with E-state index in [0.29, 0.717) is 6.07 Å². The summed E-state index contributed by atoms with van der Waals surface area (Å²) in [6.07, 6.45) is -6.46. The molecule has 3 atom stereocenters. The number of hydrogen-bond donors (Lipinski definition) is 3. The standard InChI is InChI=1S/C14H15F5N2O2/c15-7-1-2-8(9(16)3-7)10(22)5-21-12(23)13(6-20)4-11(13)14(17,18)19/h1-3,10-11,22H,4-6,20H2,(H,21,23)/t10-,11-,13+/m0/s1. The van der Waals surface area contributed by atoms with Gasteiger partial charge >= 0.3 is 6.18 Å². The van der Waals surface area contributed by atoms with Crippen molar-refractivity contribution >= 4 is 5.91 Å². The summed E-state index contributed by atoms with van der Waals surface area (Å²) in [7, 11) is 0. The Morgan fingerprint density at radius 1 is 1.43 bits per heavy atom. The zero-order valence-corrected chi connectivity index (χ0v) is 11.8. The lowest BCUT2D eigenvalue weighted by Crippen LogP contribution is -2.41. The van der Waals surface area contributed by atoms with Gasteiger partial charge in [0.1, 0.15) is 11.6 Å². The van der Waals surface area contributed by atoms with Crippen molar-refractivity contribution in [3.63, 3.8) is 0 Å². The van der Waals surface area contributed by atoms with E-state index in [4.69, 9.17) is 5.73 Å². The molecule has 23 heavy (non-hydrogen) atoms. The van der Waals surface area contributed by atoms with Gasteiger partial charge in [-0.3, -0.25) is 4.79 Å². The summed E-state index contributed by atoms with van der Waals surface area (Å²) < 4.78 is 64.3. The second kappa shape index (κ2) is 6.04. The summed E-state index contributed by atoms with van der Waals surface area (Å²) in [5, 5.41) is 11.9. The number of amides is 1. The number of alkyl halides is 3. The van der Waals surface area contributed by atoms with Gasteiger partial charge in [-0.15, -0.1) is 0 Å². The lowest BCUT2D eigenvalue weighted by molar-refractivity contribution is -0.161. The van der Waals surface area contributed by atoms with Gasteiger partial charge in [0.2, 0.25) is 5.91 Å². The molecule has 0 radical (unpaired) electrons. The van der Waals surface area contributed by atoms with Gasteiger partial charge in [0.25, 0.3) is 0 Å². The molecule has 1 fully saturated rings. The molecule has 4 N–H and O–H groups in total. The first-order valence-corrected chi connectivity index (χ1v) is 6.80. The van der Waals surface area contributed by atoms with E-state index in [9.17, 15) is 31.9 Å². The molecular weight excluding hydrogens is 323 g/mol. The molecular formula is C14H15F5N2O2. The van der Waals surface area contributed by atoms with Crippen molar-refractivity contribution in [1.29, 1.82) is 0 Å². The molecule has 1 saturated carbocycles. The van der Waals surface area contributed by atoms with Crippen molar-refractivity contribution in [2.45, 2.75) is 18.7 Å². The Labute approximate surface area is 128 Å². The van der Waals surface area contributed by atoms with Crippen LogP contribution in [0.5, 0.6) is 0 Å². The van der Waals surface area contributed by atoms with Crippen LogP contribution in [0, 0.1) is 23.0 Å². The van der Waals surface area contributed by atoms with E-state index in [2.05, 4.69) is 5.32 Å². The molecule has 1 aromatic carbocycles. The molecule has 1 aliphatic rings. The molecule has 1 aliphatic carbocycles. The maximum absolute atomic E-state index is 13.5. The van der Waals surface area contributed by atoms with E-state index < -0.39 is 60.7 Å². The smallest absolute Gasteiger partial charge is 0.386 e. The molecule has 0 saturated heterocycles. The van der Waals surface area contributed by atoms with E-state index in [1.165, 1.54) is 0 Å². The number of rotatable bonds is 5. The normalized spacial score (nSPS) is 25.1. The average Bonchev–Trinajstić information content (AvgIpc) is 3.20. The Kier molecular flexibility index (Phi) is 4.63. The second-order valence-electron chi connectivity index (χ2n) is 5.55. The third-order valence-electron chi connectivity index (χ3n) is 4.06. The summed E-state index contributed by atoms with van der Waals surface area (Å²) >= 11 is 0. The molecule has 0 heterocycles. The summed E-state index contributed by atoms with van der Waals surface area (Å²) in [5.74, 6) is -4.61. The lowest BCUT2D eigenvalue weighted by Gasteiger charge is -2.19. The molecule has 2 rings (SSSR count). The van der Waals surface area contributed by atoms with Crippen LogP contribution in [0.15, 0.2) is 18.2 Å². The maximum atomic E-state index is 13.5. The third kappa shape index (κ3) is 3.45. The monoisotopic (exact) mass is 338 g/mol. The fraction of sp³-hybridized carbons (Fsp3) is 0.500. The number of nitrogens with one attached hydrogen (secondary N) is 1. The van der Waals surface area contributed by atoms with E-state index in [1.54, 1.807) is 0 Å². The quantitative estimate of drug-likeness (QED) is 0.715. The predicted molar refractivity (Wildman–Crippen MR) is 70.0 cm³/mol. The van der Waals surface area contributed by atoms with Gasteiger partial charge in [-0.2, -0.15) is 13.2 Å². The van der Waals surface area contributed by atoms with E-state index in [1.807, 2.05) is 0 Å². The van der Waals surface area contributed by atoms with Gasteiger partial charge in [0.15, 0.2) is 0 Å². The number of aliphatic hydroxyl groups excluding tert-OH is 1. The summed E-state index contributed by atoms with van der Waals surface area (Å²) in [4.78, 5) is 11.9. The number of carbonyl (C=O) groups is 1. The minimum Gasteiger partial charge on any atom is -0.386 e. The number of benzene rings is 1. The highest BCUT2D eigenvalue weighted by Gasteiger charge is 2.69. The van der Waals surface area contributed by atoms with Crippen molar-refractivity contribution in [3.8, 4) is 0 Å². The van der Waals surface area contributed by atoms with Gasteiger partial charge in [0, 0.05) is 24.7 Å². The second-order valence-corrected chi connectivity index (χ2v) is 5.55. The number of aliphatic hydroxyl groups is 1. The number of halogens is 5. The maximum Gasteiger partial charge on any atom is 0.392 e. The van der Waals surface area contributed by atoms with Gasteiger partial charge in [-0.25, -0.2) is 8.78 Å². The minimum absolute atomic E-state index is 0.267. The largest absolute Gasteiger partial charge is 0.392 e. The highest BCUT2D eigenvalue weighted by atomic mass is 19.4. The van der Waals surface area contributed by atoms with E-state index in [0.717, 1.165) is 12.1 Å². The zero-order chi connectivity index (χ0) is 17.4. The molecule has 128 valence electrons. The van der Waals surface area contributed by atoms with Crippen molar-refractivity contribution in [2.24, 2.45) is 17.1 Å². The number of nitrogens with two attached hydrogens (primary N) is 1. The van der Waals surface area contributed by atoms with Crippen LogP contribution in [-0.4, -0.2) is 30.3 Å². The van der Waals surface area contributed by atoms with Gasteiger partial charge < -0.3 is 16.2 Å². The van der Waals surface area contributed by atoms with Crippen LogP contribution in [-0.2, 0) is 4.79 Å². The molecule has 0 aliphatic heterocycles. The van der Waals surface area contributed by atoms with Crippen LogP contribution in [0.2, 0.25) is 0 Å². The van der Waals surface area contributed by atoms with E-state index in [-0.39, 0.29) is 5.56 Å². The zero-order valence-electron chi connectivity index (χ0n) is 11.8. The molecule has 1 amide bonds. The molecule has 9 heteroatoms. The Hall–Kier alpha value is -1.74. The van der Waals surface area contributed by atoms with Gasteiger partial charge in [-0.05, 0) is 12.5 Å². The molecule has 1 aromatic rings. The summed E-state index contributed by atoms with van der Waals surface area (Å²) in [5.41, 5.74) is 3.29. The number of hydrogen-bond acceptors (Lipinski definition) is 3. The average molecular weight is 338 g/mol. The highest BCUT2D eigenvalue weighted by Crippen LogP contribution is 2.59. The van der Waals surface area contributed by atoms with Crippen molar-refractivity contribution in [3.05, 3.63) is 35.4 Å². The Balaban J connectivity index is 1.99. The van der Waals surface area contributed by atoms with Crippen LogP contribution in [0.1, 0.15) is 18.1 Å². The first-order chi connectivity index (χ1) is 10.6. The van der Waals surface area contributed by atoms with Crippen molar-refractivity contribution in [1.82, 2.24) is 5.32 Å². The summed E-state index contributed by atoms with van der Waals surface area (Å²) in [6, 6.07) is 2.48. The minimum atomic E-state index is -4.53. The SMILES string of the molecule is NC[C@]1(C(=O)NC[C@H](O)c2ccc(F)cc2F)C[C@@H]1C(F)(F)F. The first-order valence-electron chi connectivity index (χ1n) is 6.80. The van der Waals surface area contributed by atoms with Crippen LogP contribution in [0.25, 0.3) is 0 Å². The van der Waals surface area contributed by atoms with Crippen molar-refractivity contribution < 1.29 is 31.9 Å². The van der Waals surface area contributed by atoms with Crippen LogP contribution in [0.4, 0.5) is 22.0 Å². The van der Waals surface area contributed by atoms with Crippen LogP contribution in [0.3, 0.4) is 0 Å². The first kappa shape index (κ1) is 17.6. The fourth-order valence-electron chi connectivity index (χ4n) is 2.55. The molecule has 0 bridgehead atoms. The van der Waals surface area contributed by atoms with Gasteiger partial charge in [0.05, 0.1) is 17.4 Å². The van der Waals surface area contributed by atoms with E-state index >= 15 is 0 Å². The van der Waals surface area contributed by atoms with Crippen LogP contribution < -0.4 is 11.1 Å². The van der Waals surface area contributed by atoms with Crippen molar-refractivity contribution in [2.75, 3.05) is 13.1 Å². The van der Waals surface area contributed by atoms with Gasteiger partial charge in [-0.1, -0.05) is 6.07 Å². The lowest BCUT2D eigenvalue weighted by atomic mass is 10.0. The fourth-order valence-corrected chi connectivity index (χ4v) is 2.55. The molecule has 0 unspecified atom stereocenters. The third-order valence-corrected chi connectivity index (χ3v) is 4.06. The molecule has 0 spiro atoms. The topological polar surface area (TPSA) is 75.4 Å². The Morgan fingerprint density at radius 3 is 2.57 bits per heavy atom. The molecule has 4 nitrogen and oxygen atoms in total. The highest BCUT2D eigenvalue weighted by molar-refractivity contribution is 5.86. The Bertz CT molecular complexity index is 607. The Morgan fingerprint density at radius 2 is 2.09 bits per heavy atom. The van der Waals surface area contributed by atoms with Crippen LogP contribution >= 0.6 is 0 Å². The summed E-state index contributed by atoms with van der Waals surface area (Å²) in [6.45, 7) is -0.988.